The van der Waals surface area contributed by atoms with E-state index >= 15 is 0 Å². The van der Waals surface area contributed by atoms with Crippen LogP contribution in [0.2, 0.25) is 5.02 Å². The van der Waals surface area contributed by atoms with Crippen LogP contribution >= 0.6 is 23.4 Å². The van der Waals surface area contributed by atoms with E-state index in [1.54, 1.807) is 23.9 Å². The van der Waals surface area contributed by atoms with Crippen LogP contribution in [0.3, 0.4) is 0 Å². The molecule has 2 N–H and O–H groups in total. The van der Waals surface area contributed by atoms with Gasteiger partial charge >= 0.3 is 6.18 Å². The van der Waals surface area contributed by atoms with Gasteiger partial charge in [-0.3, -0.25) is 9.59 Å². The lowest BCUT2D eigenvalue weighted by molar-refractivity contribution is -0.149. The summed E-state index contributed by atoms with van der Waals surface area (Å²) < 4.78 is 46.2. The molecule has 9 nitrogen and oxygen atoms in total. The molecule has 2 aromatic heterocycles. The molecule has 1 aliphatic rings. The number of nitrogens with one attached hydrogen (secondary N) is 2. The predicted octanol–water partition coefficient (Wildman–Crippen LogP) is 4.53. The van der Waals surface area contributed by atoms with Gasteiger partial charge in [-0.1, -0.05) is 11.6 Å². The van der Waals surface area contributed by atoms with E-state index in [-0.39, 0.29) is 50.9 Å². The summed E-state index contributed by atoms with van der Waals surface area (Å²) >= 11 is 7.98. The first-order valence-electron chi connectivity index (χ1n) is 11.2. The lowest BCUT2D eigenvalue weighted by Crippen LogP contribution is -2.43. The average Bonchev–Trinajstić information content (AvgIpc) is 3.26. The number of hydrogen-bond acceptors (Lipinski definition) is 7. The van der Waals surface area contributed by atoms with Gasteiger partial charge in [0.1, 0.15) is 17.8 Å². The van der Waals surface area contributed by atoms with Crippen LogP contribution in [0.1, 0.15) is 38.9 Å². The molecule has 1 aliphatic heterocycles. The Hall–Kier alpha value is -3.76. The van der Waals surface area contributed by atoms with Crippen molar-refractivity contribution in [3.05, 3.63) is 63.9 Å². The predicted molar refractivity (Wildman–Crippen MR) is 135 cm³/mol. The fraction of sp³-hybridized carbons (Fsp3) is 0.292. The van der Waals surface area contributed by atoms with Gasteiger partial charge in [-0.2, -0.15) is 30.2 Å². The van der Waals surface area contributed by atoms with Crippen LogP contribution in [0.4, 0.5) is 18.9 Å². The maximum Gasteiger partial charge on any atom is 0.408 e. The van der Waals surface area contributed by atoms with E-state index in [0.29, 0.717) is 0 Å². The van der Waals surface area contributed by atoms with Crippen molar-refractivity contribution in [2.24, 2.45) is 0 Å². The third-order valence-electron chi connectivity index (χ3n) is 5.54. The van der Waals surface area contributed by atoms with Crippen LogP contribution in [-0.4, -0.2) is 56.4 Å². The number of anilines is 1. The van der Waals surface area contributed by atoms with Crippen LogP contribution < -0.4 is 15.4 Å². The van der Waals surface area contributed by atoms with Gasteiger partial charge in [0.25, 0.3) is 11.8 Å². The number of carbonyl (C=O) groups is 2. The number of thioether (sulfide) groups is 1. The molecule has 1 fully saturated rings. The maximum absolute atomic E-state index is 13.5. The number of pyridine rings is 1. The first-order chi connectivity index (χ1) is 18.0. The molecule has 4 rings (SSSR count). The van der Waals surface area contributed by atoms with Gasteiger partial charge in [0.15, 0.2) is 5.82 Å². The number of alkyl halides is 3. The van der Waals surface area contributed by atoms with E-state index in [9.17, 15) is 28.0 Å². The van der Waals surface area contributed by atoms with E-state index in [1.165, 1.54) is 29.9 Å². The Morgan fingerprint density at radius 1 is 1.29 bits per heavy atom. The van der Waals surface area contributed by atoms with Crippen LogP contribution in [0.5, 0.6) is 5.88 Å². The van der Waals surface area contributed by atoms with Crippen molar-refractivity contribution in [1.29, 1.82) is 5.26 Å². The van der Waals surface area contributed by atoms with Crippen molar-refractivity contribution in [1.82, 2.24) is 20.1 Å². The number of aromatic nitrogens is 3. The Morgan fingerprint density at radius 2 is 2.03 bits per heavy atom. The number of hydrogen-bond donors (Lipinski definition) is 2. The quantitative estimate of drug-likeness (QED) is 0.432. The minimum atomic E-state index is -4.69. The van der Waals surface area contributed by atoms with Crippen LogP contribution in [0, 0.1) is 18.3 Å². The fourth-order valence-corrected chi connectivity index (χ4v) is 4.22. The second-order valence-corrected chi connectivity index (χ2v) is 9.87. The third-order valence-corrected chi connectivity index (χ3v) is 7.05. The Bertz CT molecular complexity index is 1430. The summed E-state index contributed by atoms with van der Waals surface area (Å²) in [6, 6.07) is 6.74. The molecule has 0 bridgehead atoms. The van der Waals surface area contributed by atoms with E-state index in [4.69, 9.17) is 16.3 Å². The summed E-state index contributed by atoms with van der Waals surface area (Å²) in [4.78, 5) is 30.5. The number of ether oxygens (including phenoxy) is 1. The minimum Gasteiger partial charge on any atom is -0.472 e. The zero-order chi connectivity index (χ0) is 27.6. The Balaban J connectivity index is 1.72. The highest BCUT2D eigenvalue weighted by Gasteiger charge is 2.37. The molecule has 2 amide bonds. The molecule has 3 aromatic rings. The third kappa shape index (κ3) is 5.87. The van der Waals surface area contributed by atoms with Crippen LogP contribution in [-0.2, 0) is 0 Å². The van der Waals surface area contributed by atoms with E-state index in [0.717, 1.165) is 24.5 Å². The second-order valence-electron chi connectivity index (χ2n) is 8.38. The topological polar surface area (TPSA) is 122 Å². The molecule has 3 heterocycles. The van der Waals surface area contributed by atoms with Crippen molar-refractivity contribution in [3.63, 3.8) is 0 Å². The normalized spacial score (nSPS) is 14.2. The molecule has 1 aromatic carbocycles. The van der Waals surface area contributed by atoms with Crippen molar-refractivity contribution >= 4 is 40.9 Å². The highest BCUT2D eigenvalue weighted by atomic mass is 35.5. The highest BCUT2D eigenvalue weighted by Crippen LogP contribution is 2.29. The van der Waals surface area contributed by atoms with Crippen molar-refractivity contribution in [3.8, 4) is 17.8 Å². The molecule has 198 valence electrons. The molecular formula is C24H20ClF3N6O3S. The largest absolute Gasteiger partial charge is 0.472 e. The first kappa shape index (κ1) is 27.3. The van der Waals surface area contributed by atoms with Crippen molar-refractivity contribution in [2.75, 3.05) is 16.8 Å². The highest BCUT2D eigenvalue weighted by molar-refractivity contribution is 8.00. The zero-order valence-corrected chi connectivity index (χ0v) is 21.5. The Morgan fingerprint density at radius 3 is 2.63 bits per heavy atom. The zero-order valence-electron chi connectivity index (χ0n) is 20.0. The second kappa shape index (κ2) is 10.9. The smallest absolute Gasteiger partial charge is 0.408 e. The van der Waals surface area contributed by atoms with E-state index in [1.807, 2.05) is 11.4 Å². The Labute approximate surface area is 224 Å². The van der Waals surface area contributed by atoms with Gasteiger partial charge in [0, 0.05) is 23.8 Å². The van der Waals surface area contributed by atoms with E-state index < -0.39 is 24.0 Å². The molecule has 1 atom stereocenters. The number of amides is 2. The molecule has 0 radical (unpaired) electrons. The lowest BCUT2D eigenvalue weighted by Gasteiger charge is -2.24. The van der Waals surface area contributed by atoms with Gasteiger partial charge in [0.05, 0.1) is 27.9 Å². The average molecular weight is 565 g/mol. The SMILES string of the molecule is Cc1cc(C#N)cc(C(=O)NC(C)C(F)(F)F)c1NC(=O)c1cc(OC2CSC2)nn1-c1ncccc1Cl. The number of benzene rings is 1. The fourth-order valence-electron chi connectivity index (χ4n) is 3.46. The van der Waals surface area contributed by atoms with Crippen LogP contribution in [0.25, 0.3) is 5.82 Å². The van der Waals surface area contributed by atoms with E-state index in [2.05, 4.69) is 15.4 Å². The molecule has 1 unspecified atom stereocenters. The summed E-state index contributed by atoms with van der Waals surface area (Å²) in [7, 11) is 0. The standard InChI is InChI=1S/C24H20ClF3N6O3S/c1-12-6-14(9-29)7-16(22(35)31-13(2)24(26,27)28)20(12)32-23(36)18-8-19(37-15-10-38-11-15)33-34(18)21-17(25)4-3-5-30-21/h3-8,13,15H,10-11H2,1-2H3,(H,31,35)(H,32,36). The van der Waals surface area contributed by atoms with Gasteiger partial charge in [0.2, 0.25) is 5.88 Å². The number of nitriles is 1. The van der Waals surface area contributed by atoms with Gasteiger partial charge in [-0.15, -0.1) is 5.10 Å². The van der Waals surface area contributed by atoms with Crippen molar-refractivity contribution in [2.45, 2.75) is 32.2 Å². The number of aryl methyl sites for hydroxylation is 1. The molecular weight excluding hydrogens is 545 g/mol. The summed E-state index contributed by atoms with van der Waals surface area (Å²) in [6.45, 7) is 2.30. The minimum absolute atomic E-state index is 0.0321. The molecule has 1 saturated heterocycles. The lowest BCUT2D eigenvalue weighted by atomic mass is 10.0. The summed E-state index contributed by atoms with van der Waals surface area (Å²) in [5.41, 5.74) is -0.113. The summed E-state index contributed by atoms with van der Waals surface area (Å²) in [5.74, 6) is -0.0575. The summed E-state index contributed by atoms with van der Waals surface area (Å²) in [5, 5.41) is 18.3. The first-order valence-corrected chi connectivity index (χ1v) is 12.7. The number of carbonyl (C=O) groups excluding carboxylic acids is 2. The van der Waals surface area contributed by atoms with Gasteiger partial charge in [-0.25, -0.2) is 9.67 Å². The number of nitrogens with zero attached hydrogens (tertiary/aromatic N) is 4. The molecule has 0 spiro atoms. The maximum atomic E-state index is 13.5. The van der Waals surface area contributed by atoms with Gasteiger partial charge < -0.3 is 15.4 Å². The number of halogens is 4. The van der Waals surface area contributed by atoms with Crippen LogP contribution in [0.15, 0.2) is 36.5 Å². The summed E-state index contributed by atoms with van der Waals surface area (Å²) in [6.07, 6.45) is -3.31. The Kier molecular flexibility index (Phi) is 7.84. The molecule has 38 heavy (non-hydrogen) atoms. The number of rotatable bonds is 7. The monoisotopic (exact) mass is 564 g/mol. The molecule has 14 heteroatoms. The van der Waals surface area contributed by atoms with Gasteiger partial charge in [-0.05, 0) is 43.7 Å². The molecule has 0 aliphatic carbocycles. The van der Waals surface area contributed by atoms with Crippen molar-refractivity contribution < 1.29 is 27.5 Å². The molecule has 0 saturated carbocycles.